The quantitative estimate of drug-likeness (QED) is 0.779. The average molecular weight is 350 g/mol. The van der Waals surface area contributed by atoms with Crippen molar-refractivity contribution in [2.24, 2.45) is 0 Å². The Labute approximate surface area is 150 Å². The molecular weight excluding hydrogens is 320 g/mol. The summed E-state index contributed by atoms with van der Waals surface area (Å²) in [6.45, 7) is 7.91. The van der Waals surface area contributed by atoms with Crippen LogP contribution in [-0.4, -0.2) is 73.0 Å². The molecule has 0 spiro atoms. The van der Waals surface area contributed by atoms with Crippen molar-refractivity contribution in [2.75, 3.05) is 45.9 Å². The SMILES string of the molecule is CCOC(=O)N1CCN(C[C@H](O)CO[C@@H](CC)c2ccccc2)CC1. The van der Waals surface area contributed by atoms with Gasteiger partial charge in [0.05, 0.1) is 25.4 Å². The fourth-order valence-electron chi connectivity index (χ4n) is 3.02. The number of benzene rings is 1. The molecule has 2 atom stereocenters. The van der Waals surface area contributed by atoms with Crippen molar-refractivity contribution < 1.29 is 19.4 Å². The zero-order valence-electron chi connectivity index (χ0n) is 15.3. The maximum Gasteiger partial charge on any atom is 0.409 e. The first-order valence-electron chi connectivity index (χ1n) is 9.12. The molecule has 25 heavy (non-hydrogen) atoms. The van der Waals surface area contributed by atoms with Crippen LogP contribution in [0.1, 0.15) is 31.9 Å². The molecule has 6 nitrogen and oxygen atoms in total. The molecule has 0 aliphatic carbocycles. The molecule has 1 aromatic carbocycles. The van der Waals surface area contributed by atoms with Crippen LogP contribution in [0.3, 0.4) is 0 Å². The van der Waals surface area contributed by atoms with Crippen LogP contribution >= 0.6 is 0 Å². The number of carbonyl (C=O) groups is 1. The Morgan fingerprint density at radius 1 is 1.16 bits per heavy atom. The molecule has 0 unspecified atom stereocenters. The number of nitrogens with zero attached hydrogens (tertiary/aromatic N) is 2. The average Bonchev–Trinajstić information content (AvgIpc) is 2.64. The minimum absolute atomic E-state index is 0.0107. The maximum absolute atomic E-state index is 11.7. The van der Waals surface area contributed by atoms with Crippen molar-refractivity contribution >= 4 is 6.09 Å². The van der Waals surface area contributed by atoms with Gasteiger partial charge in [0.1, 0.15) is 0 Å². The van der Waals surface area contributed by atoms with E-state index in [0.29, 0.717) is 32.8 Å². The standard InChI is InChI=1S/C19H30N2O4/c1-3-18(16-8-6-5-7-9-16)25-15-17(22)14-20-10-12-21(13-11-20)19(23)24-4-2/h5-9,17-18,22H,3-4,10-15H2,1-2H3/t17-,18-/m0/s1. The number of hydrogen-bond acceptors (Lipinski definition) is 5. The molecule has 0 aromatic heterocycles. The van der Waals surface area contributed by atoms with Crippen LogP contribution in [0.5, 0.6) is 0 Å². The molecule has 1 saturated heterocycles. The van der Waals surface area contributed by atoms with Gasteiger partial charge in [-0.1, -0.05) is 37.3 Å². The van der Waals surface area contributed by atoms with Gasteiger partial charge in [0.25, 0.3) is 0 Å². The van der Waals surface area contributed by atoms with Crippen molar-refractivity contribution in [1.82, 2.24) is 9.80 Å². The third-order valence-corrected chi connectivity index (χ3v) is 4.40. The summed E-state index contributed by atoms with van der Waals surface area (Å²) in [5.74, 6) is 0. The Morgan fingerprint density at radius 3 is 2.44 bits per heavy atom. The summed E-state index contributed by atoms with van der Waals surface area (Å²) in [5, 5.41) is 10.3. The van der Waals surface area contributed by atoms with Crippen LogP contribution in [0.25, 0.3) is 0 Å². The van der Waals surface area contributed by atoms with Gasteiger partial charge in [-0.3, -0.25) is 4.90 Å². The summed E-state index contributed by atoms with van der Waals surface area (Å²) < 4.78 is 10.9. The number of rotatable bonds is 8. The predicted molar refractivity (Wildman–Crippen MR) is 96.5 cm³/mol. The van der Waals surface area contributed by atoms with Gasteiger partial charge < -0.3 is 19.5 Å². The Bertz CT molecular complexity index is 503. The van der Waals surface area contributed by atoms with Crippen LogP contribution in [-0.2, 0) is 9.47 Å². The van der Waals surface area contributed by atoms with E-state index in [1.807, 2.05) is 25.1 Å². The Kier molecular flexibility index (Phi) is 8.18. The first-order chi connectivity index (χ1) is 12.1. The second-order valence-electron chi connectivity index (χ2n) is 6.28. The molecule has 2 rings (SSSR count). The van der Waals surface area contributed by atoms with Crippen LogP contribution in [0.15, 0.2) is 30.3 Å². The third-order valence-electron chi connectivity index (χ3n) is 4.40. The lowest BCUT2D eigenvalue weighted by molar-refractivity contribution is -0.0279. The number of aliphatic hydroxyl groups is 1. The summed E-state index contributed by atoms with van der Waals surface area (Å²) in [5.41, 5.74) is 1.14. The minimum atomic E-state index is -0.535. The van der Waals surface area contributed by atoms with Gasteiger partial charge in [0.15, 0.2) is 0 Å². The highest BCUT2D eigenvalue weighted by Crippen LogP contribution is 2.20. The fourth-order valence-corrected chi connectivity index (χ4v) is 3.02. The van der Waals surface area contributed by atoms with Crippen molar-refractivity contribution in [3.05, 3.63) is 35.9 Å². The van der Waals surface area contributed by atoms with Gasteiger partial charge in [-0.2, -0.15) is 0 Å². The summed E-state index contributed by atoms with van der Waals surface area (Å²) in [6, 6.07) is 10.1. The highest BCUT2D eigenvalue weighted by molar-refractivity contribution is 5.67. The molecule has 1 aliphatic rings. The van der Waals surface area contributed by atoms with E-state index in [2.05, 4.69) is 24.0 Å². The van der Waals surface area contributed by atoms with Crippen LogP contribution in [0.2, 0.25) is 0 Å². The van der Waals surface area contributed by atoms with Crippen LogP contribution in [0.4, 0.5) is 4.79 Å². The zero-order chi connectivity index (χ0) is 18.1. The molecule has 1 N–H and O–H groups in total. The summed E-state index contributed by atoms with van der Waals surface area (Å²) in [6.07, 6.45) is 0.0951. The highest BCUT2D eigenvalue weighted by Gasteiger charge is 2.23. The van der Waals surface area contributed by atoms with Crippen molar-refractivity contribution in [3.63, 3.8) is 0 Å². The summed E-state index contributed by atoms with van der Waals surface area (Å²) >= 11 is 0. The first-order valence-corrected chi connectivity index (χ1v) is 9.12. The first kappa shape index (κ1) is 19.7. The maximum atomic E-state index is 11.7. The number of carbonyl (C=O) groups excluding carboxylic acids is 1. The van der Waals surface area contributed by atoms with Gasteiger partial charge in [0, 0.05) is 32.7 Å². The Morgan fingerprint density at radius 2 is 1.84 bits per heavy atom. The number of piperazine rings is 1. The summed E-state index contributed by atoms with van der Waals surface area (Å²) in [7, 11) is 0. The second kappa shape index (κ2) is 10.4. The lowest BCUT2D eigenvalue weighted by Crippen LogP contribution is -2.51. The topological polar surface area (TPSA) is 62.2 Å². The van der Waals surface area contributed by atoms with E-state index in [1.54, 1.807) is 4.90 Å². The predicted octanol–water partition coefficient (Wildman–Crippen LogP) is 2.29. The van der Waals surface area contributed by atoms with E-state index in [1.165, 1.54) is 0 Å². The van der Waals surface area contributed by atoms with E-state index in [-0.39, 0.29) is 12.2 Å². The van der Waals surface area contributed by atoms with E-state index < -0.39 is 6.10 Å². The number of ether oxygens (including phenoxy) is 2. The second-order valence-corrected chi connectivity index (χ2v) is 6.28. The largest absolute Gasteiger partial charge is 0.450 e. The number of aliphatic hydroxyl groups excluding tert-OH is 1. The lowest BCUT2D eigenvalue weighted by Gasteiger charge is -2.35. The van der Waals surface area contributed by atoms with Gasteiger partial charge >= 0.3 is 6.09 Å². The number of amides is 1. The lowest BCUT2D eigenvalue weighted by atomic mass is 10.1. The Hall–Kier alpha value is -1.63. The minimum Gasteiger partial charge on any atom is -0.450 e. The molecule has 6 heteroatoms. The Balaban J connectivity index is 1.70. The molecule has 0 saturated carbocycles. The molecule has 0 radical (unpaired) electrons. The monoisotopic (exact) mass is 350 g/mol. The molecular formula is C19H30N2O4. The van der Waals surface area contributed by atoms with Crippen molar-refractivity contribution in [1.29, 1.82) is 0 Å². The molecule has 0 bridgehead atoms. The smallest absolute Gasteiger partial charge is 0.409 e. The normalized spacial score (nSPS) is 18.0. The molecule has 1 amide bonds. The zero-order valence-corrected chi connectivity index (χ0v) is 15.3. The highest BCUT2D eigenvalue weighted by atomic mass is 16.6. The van der Waals surface area contributed by atoms with Gasteiger partial charge in [0.2, 0.25) is 0 Å². The molecule has 1 aromatic rings. The molecule has 140 valence electrons. The van der Waals surface area contributed by atoms with Crippen molar-refractivity contribution in [3.8, 4) is 0 Å². The van der Waals surface area contributed by atoms with Crippen LogP contribution < -0.4 is 0 Å². The molecule has 1 fully saturated rings. The van der Waals surface area contributed by atoms with Crippen molar-refractivity contribution in [2.45, 2.75) is 32.5 Å². The fraction of sp³-hybridized carbons (Fsp3) is 0.632. The van der Waals surface area contributed by atoms with E-state index in [0.717, 1.165) is 25.1 Å². The third kappa shape index (κ3) is 6.30. The number of hydrogen-bond donors (Lipinski definition) is 1. The van der Waals surface area contributed by atoms with E-state index in [4.69, 9.17) is 9.47 Å². The van der Waals surface area contributed by atoms with Crippen LogP contribution in [0, 0.1) is 0 Å². The molecule has 1 heterocycles. The summed E-state index contributed by atoms with van der Waals surface area (Å²) in [4.78, 5) is 15.6. The number of β-amino-alcohol motifs (C(OH)–C–C–N with tert-alkyl or cyclic N) is 1. The van der Waals surface area contributed by atoms with Gasteiger partial charge in [-0.15, -0.1) is 0 Å². The van der Waals surface area contributed by atoms with E-state index >= 15 is 0 Å². The molecule has 1 aliphatic heterocycles. The van der Waals surface area contributed by atoms with Gasteiger partial charge in [-0.05, 0) is 18.9 Å². The van der Waals surface area contributed by atoms with Gasteiger partial charge in [-0.25, -0.2) is 4.79 Å². The van der Waals surface area contributed by atoms with E-state index in [9.17, 15) is 9.90 Å².